The lowest BCUT2D eigenvalue weighted by Crippen LogP contribution is -2.13. The summed E-state index contributed by atoms with van der Waals surface area (Å²) < 4.78 is 0. The largest absolute Gasteiger partial charge is 0.0648 e. The number of hydrogen-bond donors (Lipinski definition) is 0. The van der Waals surface area contributed by atoms with E-state index in [-0.39, 0.29) is 0 Å². The van der Waals surface area contributed by atoms with E-state index in [2.05, 4.69) is 34.6 Å². The van der Waals surface area contributed by atoms with E-state index in [0.717, 1.165) is 5.92 Å². The molecule has 0 heteroatoms. The van der Waals surface area contributed by atoms with Gasteiger partial charge in [-0.1, -0.05) is 41.0 Å². The molecule has 2 unspecified atom stereocenters. The molecular weight excluding hydrogens is 120 g/mol. The molecule has 0 aromatic heterocycles. The molecule has 1 rings (SSSR count). The molecular formula is C10H20. The fraction of sp³-hybridized carbons (Fsp3) is 1.00. The van der Waals surface area contributed by atoms with Gasteiger partial charge in [0.1, 0.15) is 0 Å². The first kappa shape index (κ1) is 8.10. The summed E-state index contributed by atoms with van der Waals surface area (Å²) in [6.07, 6.45) is 2.79. The Balaban J connectivity index is 2.63. The van der Waals surface area contributed by atoms with Gasteiger partial charge in [0.25, 0.3) is 0 Å². The minimum absolute atomic E-state index is 0.655. The highest BCUT2D eigenvalue weighted by atomic mass is 14.6. The Morgan fingerprint density at radius 2 is 1.80 bits per heavy atom. The van der Waals surface area contributed by atoms with Crippen LogP contribution in [0.4, 0.5) is 0 Å². The topological polar surface area (TPSA) is 0 Å². The third kappa shape index (κ3) is 0.810. The first-order valence-corrected chi connectivity index (χ1v) is 4.46. The molecule has 60 valence electrons. The van der Waals surface area contributed by atoms with Gasteiger partial charge in [-0.3, -0.25) is 0 Å². The first-order chi connectivity index (χ1) is 4.46. The van der Waals surface area contributed by atoms with Crippen LogP contribution in [0.25, 0.3) is 0 Å². The monoisotopic (exact) mass is 140 g/mol. The summed E-state index contributed by atoms with van der Waals surface area (Å²) in [4.78, 5) is 0. The predicted molar refractivity (Wildman–Crippen MR) is 46.0 cm³/mol. The van der Waals surface area contributed by atoms with Crippen LogP contribution < -0.4 is 0 Å². The highest BCUT2D eigenvalue weighted by molar-refractivity contribution is 5.09. The van der Waals surface area contributed by atoms with Gasteiger partial charge in [-0.05, 0) is 23.2 Å². The summed E-state index contributed by atoms with van der Waals surface area (Å²) in [6, 6.07) is 0. The Labute approximate surface area is 65.0 Å². The van der Waals surface area contributed by atoms with Crippen molar-refractivity contribution in [1.82, 2.24) is 0 Å². The van der Waals surface area contributed by atoms with E-state index in [1.165, 1.54) is 12.8 Å². The average molecular weight is 140 g/mol. The molecule has 1 fully saturated rings. The summed E-state index contributed by atoms with van der Waals surface area (Å²) in [5.41, 5.74) is 1.32. The van der Waals surface area contributed by atoms with Gasteiger partial charge in [0.2, 0.25) is 0 Å². The van der Waals surface area contributed by atoms with Crippen molar-refractivity contribution in [2.45, 2.75) is 47.5 Å². The lowest BCUT2D eigenvalue weighted by atomic mass is 9.84. The van der Waals surface area contributed by atoms with Crippen LogP contribution >= 0.6 is 0 Å². The van der Waals surface area contributed by atoms with E-state index in [1.54, 1.807) is 0 Å². The summed E-state index contributed by atoms with van der Waals surface area (Å²) in [5, 5.41) is 0. The van der Waals surface area contributed by atoms with Crippen molar-refractivity contribution in [2.75, 3.05) is 0 Å². The van der Waals surface area contributed by atoms with Crippen molar-refractivity contribution in [3.05, 3.63) is 0 Å². The van der Waals surface area contributed by atoms with Crippen LogP contribution in [0, 0.1) is 16.7 Å². The van der Waals surface area contributed by atoms with E-state index in [4.69, 9.17) is 0 Å². The van der Waals surface area contributed by atoms with Gasteiger partial charge >= 0.3 is 0 Å². The van der Waals surface area contributed by atoms with E-state index >= 15 is 0 Å². The number of rotatable bonds is 2. The van der Waals surface area contributed by atoms with Crippen molar-refractivity contribution in [1.29, 1.82) is 0 Å². The summed E-state index contributed by atoms with van der Waals surface area (Å²) >= 11 is 0. The molecule has 0 amide bonds. The van der Waals surface area contributed by atoms with Gasteiger partial charge in [-0.25, -0.2) is 0 Å². The Morgan fingerprint density at radius 3 is 1.90 bits per heavy atom. The fourth-order valence-corrected chi connectivity index (χ4v) is 2.20. The van der Waals surface area contributed by atoms with Gasteiger partial charge in [0.05, 0.1) is 0 Å². The standard InChI is InChI=1S/C10H20/c1-6-9(4)7-10(9,5)8(2)3/h8H,6-7H2,1-5H3. The van der Waals surface area contributed by atoms with Crippen molar-refractivity contribution in [2.24, 2.45) is 16.7 Å². The second-order valence-corrected chi connectivity index (χ2v) is 4.66. The zero-order valence-corrected chi connectivity index (χ0v) is 7.99. The Hall–Kier alpha value is 0. The van der Waals surface area contributed by atoms with Crippen molar-refractivity contribution in [3.63, 3.8) is 0 Å². The minimum atomic E-state index is 0.655. The Kier molecular flexibility index (Phi) is 1.61. The van der Waals surface area contributed by atoms with E-state index < -0.39 is 0 Å². The quantitative estimate of drug-likeness (QED) is 0.551. The lowest BCUT2D eigenvalue weighted by Gasteiger charge is -2.20. The van der Waals surface area contributed by atoms with Crippen molar-refractivity contribution in [3.8, 4) is 0 Å². The highest BCUT2D eigenvalue weighted by Gasteiger charge is 2.60. The van der Waals surface area contributed by atoms with Crippen LogP contribution in [0.5, 0.6) is 0 Å². The van der Waals surface area contributed by atoms with Crippen LogP contribution in [0.3, 0.4) is 0 Å². The third-order valence-electron chi connectivity index (χ3n) is 4.07. The van der Waals surface area contributed by atoms with Gasteiger partial charge in [0.15, 0.2) is 0 Å². The maximum absolute atomic E-state index is 2.43. The lowest BCUT2D eigenvalue weighted by molar-refractivity contribution is 0.286. The SMILES string of the molecule is CCC1(C)CC1(C)C(C)C. The highest BCUT2D eigenvalue weighted by Crippen LogP contribution is 2.68. The molecule has 0 heterocycles. The second kappa shape index (κ2) is 1.99. The molecule has 0 nitrogen and oxygen atoms in total. The minimum Gasteiger partial charge on any atom is -0.0648 e. The molecule has 10 heavy (non-hydrogen) atoms. The van der Waals surface area contributed by atoms with Gasteiger partial charge in [-0.15, -0.1) is 0 Å². The molecule has 2 atom stereocenters. The zero-order chi connectivity index (χ0) is 7.99. The molecule has 0 N–H and O–H groups in total. The molecule has 0 aromatic rings. The fourth-order valence-electron chi connectivity index (χ4n) is 2.20. The van der Waals surface area contributed by atoms with Crippen LogP contribution in [-0.2, 0) is 0 Å². The van der Waals surface area contributed by atoms with Crippen LogP contribution in [0.1, 0.15) is 47.5 Å². The van der Waals surface area contributed by atoms with Crippen LogP contribution in [0.15, 0.2) is 0 Å². The molecule has 1 saturated carbocycles. The molecule has 0 radical (unpaired) electrons. The summed E-state index contributed by atoms with van der Waals surface area (Å²) in [6.45, 7) is 11.9. The van der Waals surface area contributed by atoms with Crippen molar-refractivity contribution < 1.29 is 0 Å². The molecule has 0 bridgehead atoms. The predicted octanol–water partition coefficient (Wildman–Crippen LogP) is 3.47. The Morgan fingerprint density at radius 1 is 1.30 bits per heavy atom. The molecule has 0 spiro atoms. The van der Waals surface area contributed by atoms with E-state index in [1.807, 2.05) is 0 Å². The van der Waals surface area contributed by atoms with Crippen LogP contribution in [-0.4, -0.2) is 0 Å². The number of hydrogen-bond acceptors (Lipinski definition) is 0. The van der Waals surface area contributed by atoms with E-state index in [0.29, 0.717) is 10.8 Å². The van der Waals surface area contributed by atoms with Crippen LogP contribution in [0.2, 0.25) is 0 Å². The summed E-state index contributed by atoms with van der Waals surface area (Å²) in [5.74, 6) is 0.859. The molecule has 0 saturated heterocycles. The average Bonchev–Trinajstić information content (AvgIpc) is 2.39. The normalized spacial score (nSPS) is 46.2. The van der Waals surface area contributed by atoms with Crippen molar-refractivity contribution >= 4 is 0 Å². The zero-order valence-electron chi connectivity index (χ0n) is 7.99. The van der Waals surface area contributed by atoms with Gasteiger partial charge < -0.3 is 0 Å². The van der Waals surface area contributed by atoms with Gasteiger partial charge in [0, 0.05) is 0 Å². The van der Waals surface area contributed by atoms with Gasteiger partial charge in [-0.2, -0.15) is 0 Å². The van der Waals surface area contributed by atoms with E-state index in [9.17, 15) is 0 Å². The molecule has 0 aromatic carbocycles. The third-order valence-corrected chi connectivity index (χ3v) is 4.07. The molecule has 1 aliphatic rings. The maximum atomic E-state index is 2.43. The Bertz CT molecular complexity index is 137. The smallest absolute Gasteiger partial charge is 0.0243 e. The second-order valence-electron chi connectivity index (χ2n) is 4.66. The molecule has 1 aliphatic carbocycles. The maximum Gasteiger partial charge on any atom is -0.0243 e. The first-order valence-electron chi connectivity index (χ1n) is 4.46. The molecule has 0 aliphatic heterocycles. The summed E-state index contributed by atoms with van der Waals surface area (Å²) in [7, 11) is 0.